The number of carbonyl (C=O) groups is 2. The molecule has 0 fully saturated rings. The number of allylic oxidation sites excluding steroid dienone is 4. The fraction of sp³-hybridized carbons (Fsp3) is 0.618. The summed E-state index contributed by atoms with van der Waals surface area (Å²) < 4.78 is 0. The summed E-state index contributed by atoms with van der Waals surface area (Å²) in [6.07, 6.45) is 53.1. The summed E-state index contributed by atoms with van der Waals surface area (Å²) in [5.74, 6) is 0.488. The summed E-state index contributed by atoms with van der Waals surface area (Å²) in [5.41, 5.74) is 7.05. The van der Waals surface area contributed by atoms with Gasteiger partial charge in [0, 0.05) is 34.6 Å². The molecule has 0 aromatic heterocycles. The summed E-state index contributed by atoms with van der Waals surface area (Å²) in [5, 5.41) is 10.0. The molecular formula is C68H105N5O2. The van der Waals surface area contributed by atoms with Crippen molar-refractivity contribution >= 4 is 57.4 Å². The normalized spacial score (nSPS) is 12.2. The second-order valence-corrected chi connectivity index (χ2v) is 22.0. The standard InChI is InChI=1S/C68H105N5O2/c1-5-9-13-17-21-25-29-33-37-57(38-34-30-26-22-18-14-10-6-2)67(74)72-65-53-49-63(50-54-65)70-61-45-41-59(42-46-61)69-60-43-47-62(48-44-60)71-64-51-55-66(56-52-64)73-68(75)58(39-35-31-27-23-19-15-11-7-3)40-36-32-28-24-20-16-12-8-4/h41-58,70H,5-40H2,1-4H3,(H,72,74)(H,73,75). The molecule has 0 aliphatic heterocycles. The van der Waals surface area contributed by atoms with Crippen LogP contribution in [0.1, 0.15) is 259 Å². The fourth-order valence-electron chi connectivity index (χ4n) is 10.3. The SMILES string of the molecule is CCCCCCCCCCC(CCCCCCCCCC)C(=O)Nc1ccc(N=C2C=CC(=Nc3ccc(Nc4ccc(NC(=O)C(CCCCCCCCCC)CCCCCCCCCC)cc4)cc3)C=C2)cc1. The molecule has 7 heteroatoms. The molecule has 3 aromatic rings. The van der Waals surface area contributed by atoms with Gasteiger partial charge in [0.05, 0.1) is 22.8 Å². The Kier molecular flexibility index (Phi) is 34.6. The molecule has 0 saturated carbocycles. The van der Waals surface area contributed by atoms with Gasteiger partial charge in [-0.15, -0.1) is 0 Å². The summed E-state index contributed by atoms with van der Waals surface area (Å²) in [4.78, 5) is 37.0. The lowest BCUT2D eigenvalue weighted by Gasteiger charge is -2.17. The third-order valence-corrected chi connectivity index (χ3v) is 15.2. The van der Waals surface area contributed by atoms with Crippen LogP contribution in [0, 0.1) is 11.8 Å². The van der Waals surface area contributed by atoms with Crippen LogP contribution in [0.25, 0.3) is 0 Å². The van der Waals surface area contributed by atoms with Crippen molar-refractivity contribution in [3.63, 3.8) is 0 Å². The Labute approximate surface area is 458 Å². The molecule has 4 rings (SSSR count). The average Bonchev–Trinajstić information content (AvgIpc) is 3.42. The maximum absolute atomic E-state index is 13.6. The van der Waals surface area contributed by atoms with E-state index in [0.29, 0.717) is 0 Å². The zero-order chi connectivity index (χ0) is 53.2. The van der Waals surface area contributed by atoms with E-state index in [9.17, 15) is 9.59 Å². The first kappa shape index (κ1) is 62.8. The minimum atomic E-state index is 0.0699. The molecule has 0 heterocycles. The molecule has 0 radical (unpaired) electrons. The highest BCUT2D eigenvalue weighted by Gasteiger charge is 2.20. The van der Waals surface area contributed by atoms with Crippen molar-refractivity contribution in [1.29, 1.82) is 0 Å². The number of rotatable bonds is 44. The minimum absolute atomic E-state index is 0.0699. The van der Waals surface area contributed by atoms with E-state index in [1.165, 1.54) is 180 Å². The predicted octanol–water partition coefficient (Wildman–Crippen LogP) is 21.6. The molecule has 1 aliphatic rings. The van der Waals surface area contributed by atoms with Crippen molar-refractivity contribution in [3.05, 3.63) is 97.1 Å². The largest absolute Gasteiger partial charge is 0.356 e. The molecule has 3 aromatic carbocycles. The Balaban J connectivity index is 1.22. The van der Waals surface area contributed by atoms with Crippen LogP contribution in [0.15, 0.2) is 107 Å². The van der Waals surface area contributed by atoms with E-state index in [-0.39, 0.29) is 23.7 Å². The van der Waals surface area contributed by atoms with Gasteiger partial charge in [-0.3, -0.25) is 9.59 Å². The van der Waals surface area contributed by atoms with Crippen LogP contribution in [0.3, 0.4) is 0 Å². The molecular weight excluding hydrogens is 919 g/mol. The zero-order valence-corrected chi connectivity index (χ0v) is 48.1. The monoisotopic (exact) mass is 1020 g/mol. The molecule has 7 nitrogen and oxygen atoms in total. The maximum atomic E-state index is 13.6. The molecule has 0 spiro atoms. The minimum Gasteiger partial charge on any atom is -0.356 e. The highest BCUT2D eigenvalue weighted by Crippen LogP contribution is 2.27. The number of benzene rings is 3. The van der Waals surface area contributed by atoms with E-state index in [1.807, 2.05) is 97.1 Å². The Morgan fingerprint density at radius 1 is 0.320 bits per heavy atom. The number of hydrogen-bond donors (Lipinski definition) is 3. The quantitative estimate of drug-likeness (QED) is 0.0389. The van der Waals surface area contributed by atoms with E-state index in [1.54, 1.807) is 0 Å². The van der Waals surface area contributed by atoms with Gasteiger partial charge in [-0.25, -0.2) is 9.98 Å². The van der Waals surface area contributed by atoms with Crippen LogP contribution in [0.5, 0.6) is 0 Å². The lowest BCUT2D eigenvalue weighted by molar-refractivity contribution is -0.121. The fourth-order valence-corrected chi connectivity index (χ4v) is 10.3. The predicted molar refractivity (Wildman–Crippen MR) is 328 cm³/mol. The van der Waals surface area contributed by atoms with Gasteiger partial charge in [0.2, 0.25) is 11.8 Å². The molecule has 2 amide bonds. The Morgan fingerprint density at radius 3 is 0.827 bits per heavy atom. The number of hydrogen-bond acceptors (Lipinski definition) is 5. The van der Waals surface area contributed by atoms with Gasteiger partial charge in [0.1, 0.15) is 0 Å². The van der Waals surface area contributed by atoms with Crippen LogP contribution < -0.4 is 16.0 Å². The Hall–Kier alpha value is -4.78. The van der Waals surface area contributed by atoms with Crippen molar-refractivity contribution in [3.8, 4) is 0 Å². The van der Waals surface area contributed by atoms with E-state index in [0.717, 1.165) is 96.9 Å². The maximum Gasteiger partial charge on any atom is 0.227 e. The number of amides is 2. The third kappa shape index (κ3) is 29.4. The van der Waals surface area contributed by atoms with E-state index >= 15 is 0 Å². The van der Waals surface area contributed by atoms with Crippen molar-refractivity contribution in [2.75, 3.05) is 16.0 Å². The van der Waals surface area contributed by atoms with Gasteiger partial charge in [0.25, 0.3) is 0 Å². The van der Waals surface area contributed by atoms with Gasteiger partial charge in [-0.1, -0.05) is 233 Å². The van der Waals surface area contributed by atoms with Gasteiger partial charge < -0.3 is 16.0 Å². The summed E-state index contributed by atoms with van der Waals surface area (Å²) in [6, 6.07) is 24.1. The second-order valence-electron chi connectivity index (χ2n) is 22.0. The number of unbranched alkanes of at least 4 members (excludes halogenated alkanes) is 28. The summed E-state index contributed by atoms with van der Waals surface area (Å²) in [7, 11) is 0. The van der Waals surface area contributed by atoms with Gasteiger partial charge >= 0.3 is 0 Å². The van der Waals surface area contributed by atoms with Crippen molar-refractivity contribution in [2.45, 2.75) is 259 Å². The van der Waals surface area contributed by atoms with Gasteiger partial charge in [-0.05, 0) is 123 Å². The molecule has 0 atom stereocenters. The lowest BCUT2D eigenvalue weighted by atomic mass is 9.93. The van der Waals surface area contributed by atoms with Crippen LogP contribution in [0.4, 0.5) is 34.1 Å². The molecule has 1 aliphatic carbocycles. The average molecular weight is 1020 g/mol. The zero-order valence-electron chi connectivity index (χ0n) is 48.1. The highest BCUT2D eigenvalue weighted by atomic mass is 16.2. The molecule has 0 bridgehead atoms. The summed E-state index contributed by atoms with van der Waals surface area (Å²) >= 11 is 0. The first-order valence-electron chi connectivity index (χ1n) is 31.1. The summed E-state index contributed by atoms with van der Waals surface area (Å²) in [6.45, 7) is 9.09. The van der Waals surface area contributed by atoms with Crippen LogP contribution >= 0.6 is 0 Å². The number of anilines is 4. The first-order valence-corrected chi connectivity index (χ1v) is 31.1. The number of carbonyl (C=O) groups excluding carboxylic acids is 2. The van der Waals surface area contributed by atoms with Crippen molar-refractivity contribution in [2.24, 2.45) is 21.8 Å². The third-order valence-electron chi connectivity index (χ3n) is 15.2. The molecule has 0 unspecified atom stereocenters. The number of aliphatic imine (C=N–C) groups is 2. The Morgan fingerprint density at radius 2 is 0.547 bits per heavy atom. The topological polar surface area (TPSA) is 94.9 Å². The lowest BCUT2D eigenvalue weighted by Crippen LogP contribution is -2.23. The van der Waals surface area contributed by atoms with Crippen LogP contribution in [0.2, 0.25) is 0 Å². The second kappa shape index (κ2) is 41.4. The smallest absolute Gasteiger partial charge is 0.227 e. The molecule has 3 N–H and O–H groups in total. The van der Waals surface area contributed by atoms with Crippen molar-refractivity contribution in [1.82, 2.24) is 0 Å². The number of nitrogens with zero attached hydrogens (tertiary/aromatic N) is 2. The van der Waals surface area contributed by atoms with E-state index in [4.69, 9.17) is 9.98 Å². The number of nitrogens with one attached hydrogen (secondary N) is 3. The van der Waals surface area contributed by atoms with Gasteiger partial charge in [0.15, 0.2) is 0 Å². The Bertz CT molecular complexity index is 1990. The van der Waals surface area contributed by atoms with Crippen LogP contribution in [-0.2, 0) is 9.59 Å². The molecule has 414 valence electrons. The van der Waals surface area contributed by atoms with Crippen LogP contribution in [-0.4, -0.2) is 23.2 Å². The van der Waals surface area contributed by atoms with E-state index in [2.05, 4.69) is 43.6 Å². The highest BCUT2D eigenvalue weighted by molar-refractivity contribution is 6.19. The first-order chi connectivity index (χ1) is 36.9. The van der Waals surface area contributed by atoms with E-state index < -0.39 is 0 Å². The van der Waals surface area contributed by atoms with Gasteiger partial charge in [-0.2, -0.15) is 0 Å². The molecule has 75 heavy (non-hydrogen) atoms. The van der Waals surface area contributed by atoms with Crippen molar-refractivity contribution < 1.29 is 9.59 Å². The molecule has 0 saturated heterocycles.